The SMILES string of the molecule is CCOC(=O)[C@]1(Cc2ccccc2)CC1c1cccs1. The number of esters is 1. The minimum absolute atomic E-state index is 0.0396. The Kier molecular flexibility index (Phi) is 3.62. The summed E-state index contributed by atoms with van der Waals surface area (Å²) in [6.07, 6.45) is 1.68. The zero-order valence-electron chi connectivity index (χ0n) is 11.5. The summed E-state index contributed by atoms with van der Waals surface area (Å²) in [5.41, 5.74) is 0.863. The molecular formula is C17H18O2S. The van der Waals surface area contributed by atoms with Crippen LogP contribution in [-0.4, -0.2) is 12.6 Å². The zero-order chi connectivity index (χ0) is 14.0. The molecule has 2 aromatic rings. The third-order valence-electron chi connectivity index (χ3n) is 4.01. The largest absolute Gasteiger partial charge is 0.466 e. The molecule has 2 nitrogen and oxygen atoms in total. The Morgan fingerprint density at radius 3 is 2.75 bits per heavy atom. The van der Waals surface area contributed by atoms with E-state index in [2.05, 4.69) is 29.6 Å². The van der Waals surface area contributed by atoms with Gasteiger partial charge < -0.3 is 4.74 Å². The van der Waals surface area contributed by atoms with Crippen molar-refractivity contribution < 1.29 is 9.53 Å². The van der Waals surface area contributed by atoms with Gasteiger partial charge in [0, 0.05) is 10.8 Å². The molecule has 1 heterocycles. The second kappa shape index (κ2) is 5.41. The monoisotopic (exact) mass is 286 g/mol. The molecule has 3 rings (SSSR count). The molecule has 1 unspecified atom stereocenters. The van der Waals surface area contributed by atoms with Gasteiger partial charge in [0.25, 0.3) is 0 Å². The van der Waals surface area contributed by atoms with E-state index in [1.807, 2.05) is 25.1 Å². The predicted molar refractivity (Wildman–Crippen MR) is 80.9 cm³/mol. The number of hydrogen-bond donors (Lipinski definition) is 0. The van der Waals surface area contributed by atoms with Crippen molar-refractivity contribution in [2.45, 2.75) is 25.7 Å². The van der Waals surface area contributed by atoms with E-state index in [1.54, 1.807) is 11.3 Å². The van der Waals surface area contributed by atoms with Gasteiger partial charge in [0.15, 0.2) is 0 Å². The van der Waals surface area contributed by atoms with Gasteiger partial charge >= 0.3 is 5.97 Å². The van der Waals surface area contributed by atoms with Gasteiger partial charge in [-0.3, -0.25) is 4.79 Å². The van der Waals surface area contributed by atoms with E-state index in [0.717, 1.165) is 12.8 Å². The molecule has 0 amide bonds. The number of rotatable bonds is 5. The molecule has 3 heteroatoms. The molecular weight excluding hydrogens is 268 g/mol. The van der Waals surface area contributed by atoms with Crippen molar-refractivity contribution in [3.05, 3.63) is 58.3 Å². The van der Waals surface area contributed by atoms with Crippen LogP contribution in [-0.2, 0) is 16.0 Å². The van der Waals surface area contributed by atoms with Crippen molar-refractivity contribution >= 4 is 17.3 Å². The molecule has 1 aliphatic carbocycles. The highest BCUT2D eigenvalue weighted by atomic mass is 32.1. The summed E-state index contributed by atoms with van der Waals surface area (Å²) in [5, 5.41) is 2.08. The molecule has 1 saturated carbocycles. The van der Waals surface area contributed by atoms with Gasteiger partial charge in [0.1, 0.15) is 0 Å². The topological polar surface area (TPSA) is 26.3 Å². The van der Waals surface area contributed by atoms with Crippen LogP contribution in [0.5, 0.6) is 0 Å². The van der Waals surface area contributed by atoms with Gasteiger partial charge in [-0.1, -0.05) is 36.4 Å². The van der Waals surface area contributed by atoms with Crippen LogP contribution in [0.3, 0.4) is 0 Å². The fourth-order valence-electron chi connectivity index (χ4n) is 2.90. The molecule has 0 bridgehead atoms. The van der Waals surface area contributed by atoms with Crippen LogP contribution < -0.4 is 0 Å². The van der Waals surface area contributed by atoms with Crippen molar-refractivity contribution in [2.75, 3.05) is 6.61 Å². The molecule has 2 atom stereocenters. The van der Waals surface area contributed by atoms with E-state index in [4.69, 9.17) is 4.74 Å². The van der Waals surface area contributed by atoms with Gasteiger partial charge in [-0.25, -0.2) is 0 Å². The van der Waals surface area contributed by atoms with E-state index in [9.17, 15) is 4.79 Å². The van der Waals surface area contributed by atoms with E-state index in [0.29, 0.717) is 12.5 Å². The standard InChI is InChI=1S/C17H18O2S/c1-2-19-16(18)17(11-13-7-4-3-5-8-13)12-14(17)15-9-6-10-20-15/h3-10,14H,2,11-12H2,1H3/t14?,17-/m1/s1. The highest BCUT2D eigenvalue weighted by Crippen LogP contribution is 2.62. The Morgan fingerprint density at radius 1 is 1.30 bits per heavy atom. The molecule has 20 heavy (non-hydrogen) atoms. The van der Waals surface area contributed by atoms with Crippen molar-refractivity contribution in [3.63, 3.8) is 0 Å². The van der Waals surface area contributed by atoms with Crippen LogP contribution in [0.1, 0.15) is 29.7 Å². The summed E-state index contributed by atoms with van der Waals surface area (Å²) < 4.78 is 5.34. The van der Waals surface area contributed by atoms with Gasteiger partial charge in [0.2, 0.25) is 0 Å². The summed E-state index contributed by atoms with van der Waals surface area (Å²) in [6.45, 7) is 2.32. The lowest BCUT2D eigenvalue weighted by molar-refractivity contribution is -0.149. The van der Waals surface area contributed by atoms with Gasteiger partial charge in [-0.15, -0.1) is 11.3 Å². The first-order valence-electron chi connectivity index (χ1n) is 7.01. The Balaban J connectivity index is 1.85. The molecule has 1 aliphatic rings. The van der Waals surface area contributed by atoms with Gasteiger partial charge in [0.05, 0.1) is 12.0 Å². The smallest absolute Gasteiger partial charge is 0.313 e. The highest BCUT2D eigenvalue weighted by Gasteiger charge is 2.61. The molecule has 0 aliphatic heterocycles. The number of hydrogen-bond acceptors (Lipinski definition) is 3. The third kappa shape index (κ3) is 2.38. The van der Waals surface area contributed by atoms with Crippen LogP contribution in [0.4, 0.5) is 0 Å². The first-order chi connectivity index (χ1) is 9.76. The van der Waals surface area contributed by atoms with Crippen molar-refractivity contribution in [1.82, 2.24) is 0 Å². The normalized spacial score (nSPS) is 24.4. The minimum atomic E-state index is -0.345. The number of thiophene rings is 1. The number of carbonyl (C=O) groups is 1. The van der Waals surface area contributed by atoms with E-state index >= 15 is 0 Å². The lowest BCUT2D eigenvalue weighted by Gasteiger charge is -2.15. The maximum absolute atomic E-state index is 12.4. The van der Waals surface area contributed by atoms with Crippen molar-refractivity contribution in [3.8, 4) is 0 Å². The van der Waals surface area contributed by atoms with Crippen molar-refractivity contribution in [2.24, 2.45) is 5.41 Å². The summed E-state index contributed by atoms with van der Waals surface area (Å²) in [5.74, 6) is 0.281. The predicted octanol–water partition coefficient (Wildman–Crippen LogP) is 4.03. The average molecular weight is 286 g/mol. The quantitative estimate of drug-likeness (QED) is 0.776. The number of carbonyl (C=O) groups excluding carboxylic acids is 1. The fraction of sp³-hybridized carbons (Fsp3) is 0.353. The Bertz CT molecular complexity index is 576. The lowest BCUT2D eigenvalue weighted by atomic mass is 9.93. The summed E-state index contributed by atoms with van der Waals surface area (Å²) in [7, 11) is 0. The van der Waals surface area contributed by atoms with Crippen LogP contribution in [0, 0.1) is 5.41 Å². The summed E-state index contributed by atoms with van der Waals surface area (Å²) in [4.78, 5) is 13.7. The fourth-order valence-corrected chi connectivity index (χ4v) is 3.84. The van der Waals surface area contributed by atoms with E-state index in [1.165, 1.54) is 10.4 Å². The van der Waals surface area contributed by atoms with Gasteiger partial charge in [-0.05, 0) is 36.8 Å². The lowest BCUT2D eigenvalue weighted by Crippen LogP contribution is -2.23. The van der Waals surface area contributed by atoms with Crippen LogP contribution in [0.2, 0.25) is 0 Å². The van der Waals surface area contributed by atoms with E-state index in [-0.39, 0.29) is 11.4 Å². The van der Waals surface area contributed by atoms with Gasteiger partial charge in [-0.2, -0.15) is 0 Å². The summed E-state index contributed by atoms with van der Waals surface area (Å²) >= 11 is 1.73. The molecule has 0 spiro atoms. The Labute approximate surface area is 123 Å². The van der Waals surface area contributed by atoms with E-state index < -0.39 is 0 Å². The van der Waals surface area contributed by atoms with Crippen LogP contribution in [0.15, 0.2) is 47.8 Å². The third-order valence-corrected chi connectivity index (χ3v) is 4.99. The maximum Gasteiger partial charge on any atom is 0.313 e. The minimum Gasteiger partial charge on any atom is -0.466 e. The first-order valence-corrected chi connectivity index (χ1v) is 7.89. The molecule has 0 radical (unpaired) electrons. The molecule has 0 N–H and O–H groups in total. The zero-order valence-corrected chi connectivity index (χ0v) is 12.4. The Hall–Kier alpha value is -1.61. The average Bonchev–Trinajstić information content (AvgIpc) is 2.95. The van der Waals surface area contributed by atoms with Crippen molar-refractivity contribution in [1.29, 1.82) is 0 Å². The maximum atomic E-state index is 12.4. The van der Waals surface area contributed by atoms with Crippen LogP contribution >= 0.6 is 11.3 Å². The Morgan fingerprint density at radius 2 is 2.10 bits per heavy atom. The second-order valence-electron chi connectivity index (χ2n) is 5.31. The molecule has 0 saturated heterocycles. The number of benzene rings is 1. The molecule has 104 valence electrons. The molecule has 1 aromatic heterocycles. The summed E-state index contributed by atoms with van der Waals surface area (Å²) in [6, 6.07) is 14.4. The van der Waals surface area contributed by atoms with Crippen LogP contribution in [0.25, 0.3) is 0 Å². The molecule has 1 fully saturated rings. The first kappa shape index (κ1) is 13.4. The second-order valence-corrected chi connectivity index (χ2v) is 6.29. The number of ether oxygens (including phenoxy) is 1. The molecule has 1 aromatic carbocycles. The highest BCUT2D eigenvalue weighted by molar-refractivity contribution is 7.10.